The first-order valence-corrected chi connectivity index (χ1v) is 16.1. The van der Waals surface area contributed by atoms with E-state index in [1.54, 1.807) is 24.3 Å². The molecule has 0 aliphatic rings. The predicted molar refractivity (Wildman–Crippen MR) is 208 cm³/mol. The molecule has 0 spiro atoms. The van der Waals surface area contributed by atoms with Crippen molar-refractivity contribution in [3.05, 3.63) is 182 Å². The van der Waals surface area contributed by atoms with Crippen molar-refractivity contribution >= 4 is 54.3 Å². The van der Waals surface area contributed by atoms with E-state index < -0.39 is 18.1 Å². The molecule has 10 aromatic rings. The molecule has 0 radical (unpaired) electrons. The second kappa shape index (κ2) is 11.1. The van der Waals surface area contributed by atoms with Gasteiger partial charge in [0.15, 0.2) is 0 Å². The second-order valence-corrected chi connectivity index (χ2v) is 12.1. The van der Waals surface area contributed by atoms with Gasteiger partial charge in [0.05, 0.1) is 12.3 Å². The van der Waals surface area contributed by atoms with Crippen molar-refractivity contribution in [2.24, 2.45) is 0 Å². The molecule has 0 aliphatic carbocycles. The zero-order chi connectivity index (χ0) is 40.1. The largest absolute Gasteiger partial charge is 0.455 e. The van der Waals surface area contributed by atoms with Crippen LogP contribution in [0.1, 0.15) is 12.3 Å². The summed E-state index contributed by atoms with van der Waals surface area (Å²) in [6.07, 6.45) is 0. The summed E-state index contributed by atoms with van der Waals surface area (Å²) >= 11 is 0. The first kappa shape index (κ1) is 20.0. The van der Waals surface area contributed by atoms with Crippen LogP contribution >= 0.6 is 0 Å². The van der Waals surface area contributed by atoms with Crippen LogP contribution in [-0.2, 0) is 0 Å². The minimum Gasteiger partial charge on any atom is -0.455 e. The number of furan rings is 1. The Labute approximate surface area is 297 Å². The van der Waals surface area contributed by atoms with E-state index >= 15 is 0 Å². The predicted octanol–water partition coefficient (Wildman–Crippen LogP) is 13.7. The van der Waals surface area contributed by atoms with E-state index in [2.05, 4.69) is 42.5 Å². The summed E-state index contributed by atoms with van der Waals surface area (Å²) in [6, 6.07) is 37.9. The maximum Gasteiger partial charge on any atom is 0.143 e. The lowest BCUT2D eigenvalue weighted by Gasteiger charge is -2.20. The van der Waals surface area contributed by atoms with Crippen LogP contribution in [0.4, 0.5) is 0 Å². The van der Waals surface area contributed by atoms with Gasteiger partial charge in [-0.05, 0) is 83.6 Å². The normalized spacial score (nSPS) is 14.2. The minimum absolute atomic E-state index is 0.0499. The Morgan fingerprint density at radius 3 is 1.63 bits per heavy atom. The van der Waals surface area contributed by atoms with Crippen molar-refractivity contribution in [1.82, 2.24) is 0 Å². The van der Waals surface area contributed by atoms with E-state index in [1.165, 1.54) is 0 Å². The van der Waals surface area contributed by atoms with E-state index in [1.807, 2.05) is 60.7 Å². The van der Waals surface area contributed by atoms with Gasteiger partial charge in [0, 0.05) is 16.2 Å². The van der Waals surface area contributed by atoms with Crippen molar-refractivity contribution in [2.45, 2.75) is 0 Å². The average Bonchev–Trinajstić information content (AvgIpc) is 3.65. The molecule has 1 nitrogen and oxygen atoms in total. The lowest BCUT2D eigenvalue weighted by atomic mass is 9.83. The Morgan fingerprint density at radius 2 is 0.939 bits per heavy atom. The lowest BCUT2D eigenvalue weighted by molar-refractivity contribution is 0.673. The Kier molecular flexibility index (Phi) is 4.53. The van der Waals surface area contributed by atoms with Gasteiger partial charge in [0.2, 0.25) is 0 Å². The molecule has 9 aromatic carbocycles. The molecule has 1 heteroatoms. The number of fused-ring (bicyclic) bond motifs is 7. The van der Waals surface area contributed by atoms with Gasteiger partial charge in [-0.3, -0.25) is 0 Å². The zero-order valence-corrected chi connectivity index (χ0v) is 26.0. The van der Waals surface area contributed by atoms with Crippen molar-refractivity contribution < 1.29 is 16.8 Å². The smallest absolute Gasteiger partial charge is 0.143 e. The summed E-state index contributed by atoms with van der Waals surface area (Å²) in [7, 11) is 0. The summed E-state index contributed by atoms with van der Waals surface area (Å²) in [5, 5.41) is 7.48. The summed E-state index contributed by atoms with van der Waals surface area (Å²) < 4.78 is 84.4. The molecule has 0 saturated heterocycles. The SMILES string of the molecule is [2H]c1c([2H])c([2H])c(-c2ccc(-c3c([2H])c([2H])c([2H])c([2H])c3-c3c4ccccc4c(-c4cccc5oc6c7ccccc7ccc6c45)c4ccccc34)cc2)c([2H])c1[2H]. The quantitative estimate of drug-likeness (QED) is 0.176. The second-order valence-electron chi connectivity index (χ2n) is 12.1. The van der Waals surface area contributed by atoms with Gasteiger partial charge in [0.1, 0.15) is 11.2 Å². The highest BCUT2D eigenvalue weighted by atomic mass is 16.3. The topological polar surface area (TPSA) is 13.1 Å². The van der Waals surface area contributed by atoms with Crippen LogP contribution < -0.4 is 0 Å². The Balaban J connectivity index is 1.27. The fourth-order valence-corrected chi connectivity index (χ4v) is 7.36. The molecular weight excluding hydrogens is 593 g/mol. The lowest BCUT2D eigenvalue weighted by Crippen LogP contribution is -1.93. The van der Waals surface area contributed by atoms with Crippen LogP contribution in [0.5, 0.6) is 0 Å². The Morgan fingerprint density at radius 1 is 0.367 bits per heavy atom. The number of hydrogen-bond donors (Lipinski definition) is 0. The molecule has 0 aliphatic heterocycles. The van der Waals surface area contributed by atoms with Crippen LogP contribution in [0.3, 0.4) is 0 Å². The first-order valence-electron chi connectivity index (χ1n) is 20.6. The molecule has 1 heterocycles. The van der Waals surface area contributed by atoms with E-state index in [0.29, 0.717) is 22.3 Å². The van der Waals surface area contributed by atoms with Gasteiger partial charge in [-0.15, -0.1) is 0 Å². The van der Waals surface area contributed by atoms with Crippen LogP contribution in [0.2, 0.25) is 0 Å². The molecule has 0 unspecified atom stereocenters. The van der Waals surface area contributed by atoms with Crippen LogP contribution in [-0.4, -0.2) is 0 Å². The molecule has 0 bridgehead atoms. The molecule has 10 rings (SSSR count). The van der Waals surface area contributed by atoms with Gasteiger partial charge in [-0.1, -0.05) is 170 Å². The average molecular weight is 632 g/mol. The van der Waals surface area contributed by atoms with Gasteiger partial charge >= 0.3 is 0 Å². The summed E-state index contributed by atoms with van der Waals surface area (Å²) in [6.45, 7) is 0. The molecule has 0 amide bonds. The molecule has 0 atom stereocenters. The van der Waals surface area contributed by atoms with Crippen LogP contribution in [0.15, 0.2) is 186 Å². The summed E-state index contributed by atoms with van der Waals surface area (Å²) in [5.74, 6) is 0. The van der Waals surface area contributed by atoms with Crippen molar-refractivity contribution in [3.63, 3.8) is 0 Å². The number of benzene rings is 9. The first-order chi connectivity index (χ1) is 28.1. The monoisotopic (exact) mass is 631 g/mol. The molecule has 49 heavy (non-hydrogen) atoms. The molecule has 228 valence electrons. The van der Waals surface area contributed by atoms with E-state index in [9.17, 15) is 2.74 Å². The maximum atomic E-state index is 9.46. The van der Waals surface area contributed by atoms with Gasteiger partial charge in [-0.25, -0.2) is 0 Å². The number of rotatable bonds is 4. The van der Waals surface area contributed by atoms with Gasteiger partial charge in [-0.2, -0.15) is 0 Å². The van der Waals surface area contributed by atoms with Crippen molar-refractivity contribution in [1.29, 1.82) is 0 Å². The fraction of sp³-hybridized carbons (Fsp3) is 0. The van der Waals surface area contributed by atoms with Gasteiger partial charge < -0.3 is 4.42 Å². The molecular formula is C48H30O. The highest BCUT2D eigenvalue weighted by Crippen LogP contribution is 2.48. The van der Waals surface area contributed by atoms with Crippen molar-refractivity contribution in [3.8, 4) is 44.5 Å². The van der Waals surface area contributed by atoms with Crippen LogP contribution in [0.25, 0.3) is 98.8 Å². The van der Waals surface area contributed by atoms with E-state index in [-0.39, 0.29) is 47.4 Å². The molecule has 0 N–H and O–H groups in total. The Hall–Kier alpha value is -6.44. The molecule has 1 aromatic heterocycles. The maximum absolute atomic E-state index is 9.46. The van der Waals surface area contributed by atoms with Crippen molar-refractivity contribution in [2.75, 3.05) is 0 Å². The highest BCUT2D eigenvalue weighted by molar-refractivity contribution is 6.27. The van der Waals surface area contributed by atoms with E-state index in [4.69, 9.17) is 14.0 Å². The van der Waals surface area contributed by atoms with Crippen LogP contribution in [0, 0.1) is 0 Å². The fourth-order valence-electron chi connectivity index (χ4n) is 7.36. The third-order valence-electron chi connectivity index (χ3n) is 9.49. The molecule has 0 saturated carbocycles. The van der Waals surface area contributed by atoms with Gasteiger partial charge in [0.25, 0.3) is 0 Å². The minimum atomic E-state index is -0.478. The summed E-state index contributed by atoms with van der Waals surface area (Å²) in [5.41, 5.74) is 5.72. The summed E-state index contributed by atoms with van der Waals surface area (Å²) in [4.78, 5) is 0. The zero-order valence-electron chi connectivity index (χ0n) is 35.0. The standard InChI is InChI=1S/C48H30O/c1-2-13-31(14-3-1)32-25-27-34(28-26-32)35-16-6-7-18-37(35)45-38-19-8-10-21-40(38)46(41-22-11-9-20-39(41)45)42-23-12-24-44-47(42)43-30-29-33-15-4-5-17-36(33)48(43)49-44/h1-30H/i1D,2D,3D,6D,7D,13D,14D,16D,18D. The Bertz CT molecular complexity index is 3300. The molecule has 0 fully saturated rings. The van der Waals surface area contributed by atoms with E-state index in [0.717, 1.165) is 65.4 Å². The highest BCUT2D eigenvalue weighted by Gasteiger charge is 2.22. The number of hydrogen-bond acceptors (Lipinski definition) is 1. The third-order valence-corrected chi connectivity index (χ3v) is 9.49. The third kappa shape index (κ3) is 4.33.